The Bertz CT molecular complexity index is 754. The highest BCUT2D eigenvalue weighted by Crippen LogP contribution is 2.16. The minimum Gasteiger partial charge on any atom is -0.494 e. The van der Waals surface area contributed by atoms with Crippen molar-refractivity contribution < 1.29 is 14.3 Å². The summed E-state index contributed by atoms with van der Waals surface area (Å²) in [4.78, 5) is 25.2. The third-order valence-electron chi connectivity index (χ3n) is 4.07. The number of rotatable bonds is 7. The maximum absolute atomic E-state index is 12.7. The van der Waals surface area contributed by atoms with Gasteiger partial charge in [0, 0.05) is 11.3 Å². The van der Waals surface area contributed by atoms with E-state index in [0.717, 1.165) is 11.3 Å². The normalized spacial score (nSPS) is 11.7. The Morgan fingerprint density at radius 3 is 2.27 bits per heavy atom. The van der Waals surface area contributed by atoms with Crippen molar-refractivity contribution in [1.82, 2.24) is 5.32 Å². The summed E-state index contributed by atoms with van der Waals surface area (Å²) in [5.74, 6) is 0.146. The Labute approximate surface area is 154 Å². The van der Waals surface area contributed by atoms with Crippen LogP contribution in [0.3, 0.4) is 0 Å². The molecule has 0 saturated heterocycles. The predicted molar refractivity (Wildman–Crippen MR) is 104 cm³/mol. The molecule has 0 aliphatic rings. The van der Waals surface area contributed by atoms with Crippen molar-refractivity contribution in [2.45, 2.75) is 33.7 Å². The van der Waals surface area contributed by atoms with E-state index < -0.39 is 6.04 Å². The average molecular weight is 354 g/mol. The van der Waals surface area contributed by atoms with Gasteiger partial charge in [0.15, 0.2) is 0 Å². The zero-order valence-electron chi connectivity index (χ0n) is 15.7. The zero-order valence-corrected chi connectivity index (χ0v) is 15.7. The first kappa shape index (κ1) is 19.5. The first-order chi connectivity index (χ1) is 12.4. The molecule has 26 heavy (non-hydrogen) atoms. The predicted octanol–water partition coefficient (Wildman–Crippen LogP) is 3.79. The van der Waals surface area contributed by atoms with E-state index in [9.17, 15) is 9.59 Å². The smallest absolute Gasteiger partial charge is 0.251 e. The van der Waals surface area contributed by atoms with Gasteiger partial charge in [-0.25, -0.2) is 0 Å². The molecule has 5 nitrogen and oxygen atoms in total. The quantitative estimate of drug-likeness (QED) is 0.795. The number of para-hydroxylation sites is 1. The molecule has 0 bridgehead atoms. The number of ether oxygens (including phenoxy) is 1. The molecule has 0 unspecified atom stereocenters. The van der Waals surface area contributed by atoms with Gasteiger partial charge in [0.2, 0.25) is 5.91 Å². The second-order valence-electron chi connectivity index (χ2n) is 6.46. The van der Waals surface area contributed by atoms with Gasteiger partial charge in [0.05, 0.1) is 6.61 Å². The van der Waals surface area contributed by atoms with E-state index in [2.05, 4.69) is 10.6 Å². The second kappa shape index (κ2) is 9.04. The molecule has 138 valence electrons. The van der Waals surface area contributed by atoms with E-state index in [0.29, 0.717) is 17.9 Å². The van der Waals surface area contributed by atoms with E-state index in [-0.39, 0.29) is 17.7 Å². The maximum Gasteiger partial charge on any atom is 0.251 e. The fourth-order valence-corrected chi connectivity index (χ4v) is 2.55. The number of aryl methyl sites for hydroxylation is 1. The van der Waals surface area contributed by atoms with Gasteiger partial charge >= 0.3 is 0 Å². The lowest BCUT2D eigenvalue weighted by atomic mass is 10.0. The summed E-state index contributed by atoms with van der Waals surface area (Å²) in [6, 6.07) is 13.8. The number of nitrogens with one attached hydrogen (secondary N) is 2. The van der Waals surface area contributed by atoms with Crippen LogP contribution in [0.4, 0.5) is 5.69 Å². The highest BCUT2D eigenvalue weighted by molar-refractivity contribution is 6.01. The molecular weight excluding hydrogens is 328 g/mol. The van der Waals surface area contributed by atoms with Gasteiger partial charge in [-0.05, 0) is 55.7 Å². The zero-order chi connectivity index (χ0) is 19.1. The summed E-state index contributed by atoms with van der Waals surface area (Å²) in [7, 11) is 0. The summed E-state index contributed by atoms with van der Waals surface area (Å²) in [6.45, 7) is 8.21. The molecule has 0 aliphatic carbocycles. The Kier molecular flexibility index (Phi) is 6.78. The Morgan fingerprint density at radius 2 is 1.69 bits per heavy atom. The summed E-state index contributed by atoms with van der Waals surface area (Å²) < 4.78 is 5.38. The number of hydrogen-bond donors (Lipinski definition) is 2. The molecular formula is C21H26N2O3. The third kappa shape index (κ3) is 5.09. The molecule has 0 saturated carbocycles. The Balaban J connectivity index is 2.08. The fraction of sp³-hybridized carbons (Fsp3) is 0.333. The number of anilines is 1. The van der Waals surface area contributed by atoms with Crippen LogP contribution in [0.25, 0.3) is 0 Å². The molecule has 2 amide bonds. The van der Waals surface area contributed by atoms with E-state index in [1.165, 1.54) is 0 Å². The van der Waals surface area contributed by atoms with Gasteiger partial charge in [-0.1, -0.05) is 32.0 Å². The molecule has 2 aromatic carbocycles. The molecule has 0 aliphatic heterocycles. The molecule has 1 atom stereocenters. The number of carbonyl (C=O) groups is 2. The lowest BCUT2D eigenvalue weighted by Gasteiger charge is -2.22. The van der Waals surface area contributed by atoms with Gasteiger partial charge in [-0.15, -0.1) is 0 Å². The lowest BCUT2D eigenvalue weighted by Crippen LogP contribution is -2.47. The monoisotopic (exact) mass is 354 g/mol. The van der Waals surface area contributed by atoms with Crippen LogP contribution in [-0.4, -0.2) is 24.5 Å². The van der Waals surface area contributed by atoms with E-state index in [1.54, 1.807) is 24.3 Å². The number of amides is 2. The minimum atomic E-state index is -0.631. The van der Waals surface area contributed by atoms with Gasteiger partial charge < -0.3 is 15.4 Å². The maximum atomic E-state index is 12.7. The molecule has 0 heterocycles. The van der Waals surface area contributed by atoms with Crippen LogP contribution in [0.1, 0.15) is 36.7 Å². The Morgan fingerprint density at radius 1 is 1.04 bits per heavy atom. The van der Waals surface area contributed by atoms with Crippen molar-refractivity contribution in [1.29, 1.82) is 0 Å². The van der Waals surface area contributed by atoms with Crippen molar-refractivity contribution in [2.75, 3.05) is 11.9 Å². The largest absolute Gasteiger partial charge is 0.494 e. The first-order valence-electron chi connectivity index (χ1n) is 8.82. The van der Waals surface area contributed by atoms with Crippen LogP contribution < -0.4 is 15.4 Å². The van der Waals surface area contributed by atoms with Crippen LogP contribution in [-0.2, 0) is 4.79 Å². The number of hydrogen-bond acceptors (Lipinski definition) is 3. The van der Waals surface area contributed by atoms with E-state index in [4.69, 9.17) is 4.74 Å². The lowest BCUT2D eigenvalue weighted by molar-refractivity contribution is -0.118. The van der Waals surface area contributed by atoms with Crippen LogP contribution in [0.2, 0.25) is 0 Å². The van der Waals surface area contributed by atoms with Crippen LogP contribution in [0, 0.1) is 12.8 Å². The second-order valence-corrected chi connectivity index (χ2v) is 6.46. The molecule has 0 fully saturated rings. The summed E-state index contributed by atoms with van der Waals surface area (Å²) >= 11 is 0. The summed E-state index contributed by atoms with van der Waals surface area (Å²) in [5.41, 5.74) is 2.21. The van der Waals surface area contributed by atoms with Crippen molar-refractivity contribution >= 4 is 17.5 Å². The molecule has 5 heteroatoms. The third-order valence-corrected chi connectivity index (χ3v) is 4.07. The van der Waals surface area contributed by atoms with Crippen molar-refractivity contribution in [3.63, 3.8) is 0 Å². The number of carbonyl (C=O) groups excluding carboxylic acids is 2. The average Bonchev–Trinajstić information content (AvgIpc) is 2.62. The van der Waals surface area contributed by atoms with Gasteiger partial charge in [0.25, 0.3) is 5.91 Å². The van der Waals surface area contributed by atoms with Crippen molar-refractivity contribution in [2.24, 2.45) is 5.92 Å². The van der Waals surface area contributed by atoms with Gasteiger partial charge in [0.1, 0.15) is 11.8 Å². The molecule has 2 rings (SSSR count). The van der Waals surface area contributed by atoms with Crippen LogP contribution >= 0.6 is 0 Å². The molecule has 0 aromatic heterocycles. The highest BCUT2D eigenvalue weighted by Gasteiger charge is 2.25. The SMILES string of the molecule is CCOc1ccc(C(=O)N[C@H](C(=O)Nc2ccccc2C)C(C)C)cc1. The van der Waals surface area contributed by atoms with Gasteiger partial charge in [-0.3, -0.25) is 9.59 Å². The summed E-state index contributed by atoms with van der Waals surface area (Å²) in [6.07, 6.45) is 0. The number of benzene rings is 2. The molecule has 0 radical (unpaired) electrons. The fourth-order valence-electron chi connectivity index (χ4n) is 2.55. The topological polar surface area (TPSA) is 67.4 Å². The molecule has 2 N–H and O–H groups in total. The van der Waals surface area contributed by atoms with Crippen molar-refractivity contribution in [3.8, 4) is 5.75 Å². The van der Waals surface area contributed by atoms with Crippen molar-refractivity contribution in [3.05, 3.63) is 59.7 Å². The van der Waals surface area contributed by atoms with E-state index in [1.807, 2.05) is 52.0 Å². The first-order valence-corrected chi connectivity index (χ1v) is 8.82. The highest BCUT2D eigenvalue weighted by atomic mass is 16.5. The minimum absolute atomic E-state index is 0.0503. The standard InChI is InChI=1S/C21H26N2O3/c1-5-26-17-12-10-16(11-13-17)20(24)23-19(14(2)3)21(25)22-18-9-7-6-8-15(18)4/h6-14,19H,5H2,1-4H3,(H,22,25)(H,23,24)/t19-/m0/s1. The summed E-state index contributed by atoms with van der Waals surface area (Å²) in [5, 5.41) is 5.73. The Hall–Kier alpha value is -2.82. The van der Waals surface area contributed by atoms with Crippen LogP contribution in [0.5, 0.6) is 5.75 Å². The molecule has 2 aromatic rings. The van der Waals surface area contributed by atoms with Gasteiger partial charge in [-0.2, -0.15) is 0 Å². The van der Waals surface area contributed by atoms with Crippen LogP contribution in [0.15, 0.2) is 48.5 Å². The molecule has 0 spiro atoms. The van der Waals surface area contributed by atoms with E-state index >= 15 is 0 Å².